The molecule has 6 nitrogen and oxygen atoms in total. The molecule has 1 aromatic heterocycles. The number of nitrogens with two attached hydrogens (primary N) is 1. The van der Waals surface area contributed by atoms with E-state index in [4.69, 9.17) is 5.73 Å². The van der Waals surface area contributed by atoms with Crippen molar-refractivity contribution in [3.05, 3.63) is 18.0 Å². The minimum atomic E-state index is -3.41. The first-order chi connectivity index (χ1) is 9.93. The van der Waals surface area contributed by atoms with Crippen LogP contribution in [0.2, 0.25) is 0 Å². The van der Waals surface area contributed by atoms with Gasteiger partial charge >= 0.3 is 0 Å². The number of hydrogen-bond acceptors (Lipinski definition) is 4. The SMILES string of the molecule is CC1CN(S(=O)(=O)c2cc(CN)n(C3CC3)c2)CCN1C. The molecule has 1 saturated carbocycles. The van der Waals surface area contributed by atoms with Crippen molar-refractivity contribution in [3.63, 3.8) is 0 Å². The Bertz CT molecular complexity index is 621. The molecule has 0 aromatic carbocycles. The van der Waals surface area contributed by atoms with Gasteiger partial charge in [0, 0.05) is 50.2 Å². The molecule has 0 amide bonds. The highest BCUT2D eigenvalue weighted by molar-refractivity contribution is 7.89. The number of piperazine rings is 1. The summed E-state index contributed by atoms with van der Waals surface area (Å²) >= 11 is 0. The zero-order chi connectivity index (χ0) is 15.2. The minimum Gasteiger partial charge on any atom is -0.346 e. The smallest absolute Gasteiger partial charge is 0.244 e. The summed E-state index contributed by atoms with van der Waals surface area (Å²) in [6, 6.07) is 2.43. The molecule has 2 heterocycles. The molecule has 1 aliphatic heterocycles. The van der Waals surface area contributed by atoms with Gasteiger partial charge in [0.25, 0.3) is 0 Å². The summed E-state index contributed by atoms with van der Waals surface area (Å²) in [6.45, 7) is 4.31. The summed E-state index contributed by atoms with van der Waals surface area (Å²) in [5.74, 6) is 0. The fraction of sp³-hybridized carbons (Fsp3) is 0.714. The van der Waals surface area contributed by atoms with E-state index in [-0.39, 0.29) is 6.04 Å². The van der Waals surface area contributed by atoms with Gasteiger partial charge in [-0.1, -0.05) is 0 Å². The monoisotopic (exact) mass is 312 g/mol. The molecule has 2 aliphatic rings. The van der Waals surface area contributed by atoms with E-state index in [1.807, 2.05) is 11.6 Å². The van der Waals surface area contributed by atoms with Crippen LogP contribution in [0.3, 0.4) is 0 Å². The van der Waals surface area contributed by atoms with Gasteiger partial charge in [0.1, 0.15) is 4.90 Å². The van der Waals surface area contributed by atoms with Gasteiger partial charge in [-0.2, -0.15) is 4.31 Å². The normalized spacial score (nSPS) is 25.4. The van der Waals surface area contributed by atoms with Crippen molar-refractivity contribution in [2.75, 3.05) is 26.7 Å². The maximum atomic E-state index is 12.8. The fourth-order valence-corrected chi connectivity index (χ4v) is 4.44. The van der Waals surface area contributed by atoms with E-state index in [1.165, 1.54) is 0 Å². The van der Waals surface area contributed by atoms with Crippen molar-refractivity contribution in [1.82, 2.24) is 13.8 Å². The number of nitrogens with zero attached hydrogens (tertiary/aromatic N) is 3. The van der Waals surface area contributed by atoms with Gasteiger partial charge in [-0.15, -0.1) is 0 Å². The van der Waals surface area contributed by atoms with Crippen LogP contribution in [0, 0.1) is 0 Å². The molecular formula is C14H24N4O2S. The Balaban J connectivity index is 1.88. The molecule has 3 rings (SSSR count). The Hall–Kier alpha value is -0.890. The third kappa shape index (κ3) is 2.75. The highest BCUT2D eigenvalue weighted by Gasteiger charge is 2.33. The van der Waals surface area contributed by atoms with Crippen LogP contribution >= 0.6 is 0 Å². The van der Waals surface area contributed by atoms with Crippen LogP contribution in [-0.2, 0) is 16.6 Å². The van der Waals surface area contributed by atoms with Crippen LogP contribution in [0.5, 0.6) is 0 Å². The van der Waals surface area contributed by atoms with E-state index in [2.05, 4.69) is 11.8 Å². The molecule has 1 aliphatic carbocycles. The van der Waals surface area contributed by atoms with E-state index >= 15 is 0 Å². The van der Waals surface area contributed by atoms with Crippen LogP contribution in [0.4, 0.5) is 0 Å². The topological polar surface area (TPSA) is 71.6 Å². The number of aromatic nitrogens is 1. The van der Waals surface area contributed by atoms with Crippen LogP contribution in [-0.4, -0.2) is 54.9 Å². The second-order valence-corrected chi connectivity index (χ2v) is 8.14. The predicted molar refractivity (Wildman–Crippen MR) is 81.4 cm³/mol. The number of hydrogen-bond donors (Lipinski definition) is 1. The summed E-state index contributed by atoms with van der Waals surface area (Å²) in [5.41, 5.74) is 6.67. The first-order valence-electron chi connectivity index (χ1n) is 7.54. The van der Waals surface area contributed by atoms with Crippen LogP contribution in [0.1, 0.15) is 31.5 Å². The lowest BCUT2D eigenvalue weighted by molar-refractivity contribution is 0.159. The lowest BCUT2D eigenvalue weighted by Gasteiger charge is -2.36. The largest absolute Gasteiger partial charge is 0.346 e. The van der Waals surface area contributed by atoms with Gasteiger partial charge in [0.05, 0.1) is 0 Å². The van der Waals surface area contributed by atoms with Crippen LogP contribution in [0.25, 0.3) is 0 Å². The van der Waals surface area contributed by atoms with E-state index in [0.717, 1.165) is 25.1 Å². The van der Waals surface area contributed by atoms with Crippen molar-refractivity contribution in [2.45, 2.75) is 43.3 Å². The standard InChI is InChI=1S/C14H24N4O2S/c1-11-9-17(6-5-16(11)2)21(19,20)14-7-13(8-15)18(10-14)12-3-4-12/h7,10-12H,3-6,8-9,15H2,1-2H3. The Kier molecular flexibility index (Phi) is 3.85. The molecular weight excluding hydrogens is 288 g/mol. The van der Waals surface area contributed by atoms with Gasteiger partial charge in [-0.05, 0) is 32.9 Å². The van der Waals surface area contributed by atoms with Crippen molar-refractivity contribution in [1.29, 1.82) is 0 Å². The van der Waals surface area contributed by atoms with Gasteiger partial charge in [-0.3, -0.25) is 0 Å². The van der Waals surface area contributed by atoms with Crippen molar-refractivity contribution < 1.29 is 8.42 Å². The minimum absolute atomic E-state index is 0.244. The Labute approximate surface area is 126 Å². The third-order valence-corrected chi connectivity index (χ3v) is 6.45. The quantitative estimate of drug-likeness (QED) is 0.884. The summed E-state index contributed by atoms with van der Waals surface area (Å²) < 4.78 is 29.3. The Morgan fingerprint density at radius 3 is 2.62 bits per heavy atom. The third-order valence-electron chi connectivity index (χ3n) is 4.62. The van der Waals surface area contributed by atoms with Gasteiger partial charge in [-0.25, -0.2) is 8.42 Å². The molecule has 0 radical (unpaired) electrons. The maximum Gasteiger partial charge on any atom is 0.244 e. The van der Waals surface area contributed by atoms with Crippen LogP contribution < -0.4 is 5.73 Å². The van der Waals surface area contributed by atoms with Crippen molar-refractivity contribution in [3.8, 4) is 0 Å². The zero-order valence-electron chi connectivity index (χ0n) is 12.7. The predicted octanol–water partition coefficient (Wildman–Crippen LogP) is 0.606. The second kappa shape index (κ2) is 5.39. The molecule has 1 aromatic rings. The molecule has 1 saturated heterocycles. The van der Waals surface area contributed by atoms with Crippen molar-refractivity contribution >= 4 is 10.0 Å². The molecule has 7 heteroatoms. The number of likely N-dealkylation sites (N-methyl/N-ethyl adjacent to an activating group) is 1. The lowest BCUT2D eigenvalue weighted by atomic mass is 10.2. The van der Waals surface area contributed by atoms with Gasteiger partial charge < -0.3 is 15.2 Å². The summed E-state index contributed by atoms with van der Waals surface area (Å²) in [6.07, 6.45) is 4.01. The molecule has 2 fully saturated rings. The first-order valence-corrected chi connectivity index (χ1v) is 8.98. The van der Waals surface area contributed by atoms with Crippen LogP contribution in [0.15, 0.2) is 17.2 Å². The van der Waals surface area contributed by atoms with E-state index in [1.54, 1.807) is 16.6 Å². The average molecular weight is 312 g/mol. The molecule has 1 unspecified atom stereocenters. The van der Waals surface area contributed by atoms with Crippen molar-refractivity contribution in [2.24, 2.45) is 5.73 Å². The summed E-state index contributed by atoms with van der Waals surface area (Å²) in [7, 11) is -1.37. The number of rotatable bonds is 4. The molecule has 0 bridgehead atoms. The zero-order valence-corrected chi connectivity index (χ0v) is 13.5. The summed E-state index contributed by atoms with van der Waals surface area (Å²) in [5, 5.41) is 0. The fourth-order valence-electron chi connectivity index (χ4n) is 2.88. The van der Waals surface area contributed by atoms with E-state index in [0.29, 0.717) is 30.6 Å². The second-order valence-electron chi connectivity index (χ2n) is 6.20. The number of sulfonamides is 1. The Morgan fingerprint density at radius 2 is 2.05 bits per heavy atom. The van der Waals surface area contributed by atoms with E-state index < -0.39 is 10.0 Å². The first kappa shape index (κ1) is 15.0. The van der Waals surface area contributed by atoms with E-state index in [9.17, 15) is 8.42 Å². The highest BCUT2D eigenvalue weighted by atomic mass is 32.2. The highest BCUT2D eigenvalue weighted by Crippen LogP contribution is 2.37. The Morgan fingerprint density at radius 1 is 1.33 bits per heavy atom. The molecule has 0 spiro atoms. The molecule has 21 heavy (non-hydrogen) atoms. The lowest BCUT2D eigenvalue weighted by Crippen LogP contribution is -2.51. The van der Waals surface area contributed by atoms with Gasteiger partial charge in [0.15, 0.2) is 0 Å². The summed E-state index contributed by atoms with van der Waals surface area (Å²) in [4.78, 5) is 2.58. The average Bonchev–Trinajstić information content (AvgIpc) is 3.20. The maximum absolute atomic E-state index is 12.8. The molecule has 2 N–H and O–H groups in total. The molecule has 118 valence electrons. The van der Waals surface area contributed by atoms with Gasteiger partial charge in [0.2, 0.25) is 10.0 Å². The molecule has 1 atom stereocenters.